The number of hydrogen-bond acceptors (Lipinski definition) is 3. The molecule has 1 rings (SSSR count). The van der Waals surface area contributed by atoms with Crippen LogP contribution in [0.5, 0.6) is 0 Å². The van der Waals surface area contributed by atoms with Gasteiger partial charge >= 0.3 is 5.97 Å². The van der Waals surface area contributed by atoms with Crippen LogP contribution in [0.1, 0.15) is 39.0 Å². The van der Waals surface area contributed by atoms with Gasteiger partial charge in [0.25, 0.3) is 0 Å². The SMILES string of the molecule is CCOC(=O)CCSCC1CCCC1. The monoisotopic (exact) mass is 216 g/mol. The molecule has 0 spiro atoms. The van der Waals surface area contributed by atoms with Gasteiger partial charge in [-0.2, -0.15) is 11.8 Å². The lowest BCUT2D eigenvalue weighted by Gasteiger charge is -2.07. The normalized spacial score (nSPS) is 17.2. The lowest BCUT2D eigenvalue weighted by molar-refractivity contribution is -0.142. The zero-order valence-corrected chi connectivity index (χ0v) is 9.78. The summed E-state index contributed by atoms with van der Waals surface area (Å²) in [5.74, 6) is 3.03. The van der Waals surface area contributed by atoms with Gasteiger partial charge < -0.3 is 4.74 Å². The molecule has 3 heteroatoms. The molecule has 1 saturated carbocycles. The number of rotatable bonds is 6. The molecule has 0 heterocycles. The van der Waals surface area contributed by atoms with E-state index in [2.05, 4.69) is 0 Å². The van der Waals surface area contributed by atoms with Crippen LogP contribution in [0, 0.1) is 5.92 Å². The van der Waals surface area contributed by atoms with Crippen molar-refractivity contribution in [2.45, 2.75) is 39.0 Å². The highest BCUT2D eigenvalue weighted by molar-refractivity contribution is 7.99. The number of ether oxygens (including phenoxy) is 1. The van der Waals surface area contributed by atoms with E-state index in [1.54, 1.807) is 0 Å². The largest absolute Gasteiger partial charge is 0.466 e. The van der Waals surface area contributed by atoms with Gasteiger partial charge in [0.15, 0.2) is 0 Å². The maximum atomic E-state index is 11.0. The highest BCUT2D eigenvalue weighted by atomic mass is 32.2. The first-order valence-electron chi connectivity index (χ1n) is 5.56. The standard InChI is InChI=1S/C11H20O2S/c1-2-13-11(12)7-8-14-9-10-5-3-4-6-10/h10H,2-9H2,1H3. The van der Waals surface area contributed by atoms with Crippen molar-refractivity contribution < 1.29 is 9.53 Å². The third-order valence-electron chi connectivity index (χ3n) is 2.58. The van der Waals surface area contributed by atoms with Crippen LogP contribution < -0.4 is 0 Å². The summed E-state index contributed by atoms with van der Waals surface area (Å²) in [6.07, 6.45) is 6.18. The predicted molar refractivity (Wildman–Crippen MR) is 60.5 cm³/mol. The van der Waals surface area contributed by atoms with Crippen LogP contribution in [0.25, 0.3) is 0 Å². The summed E-state index contributed by atoms with van der Waals surface area (Å²) in [6, 6.07) is 0. The molecule has 0 saturated heterocycles. The molecule has 0 unspecified atom stereocenters. The first kappa shape index (κ1) is 11.9. The van der Waals surface area contributed by atoms with Gasteiger partial charge in [-0.15, -0.1) is 0 Å². The molecule has 82 valence electrons. The van der Waals surface area contributed by atoms with E-state index in [1.165, 1.54) is 31.4 Å². The van der Waals surface area contributed by atoms with Crippen LogP contribution in [0.3, 0.4) is 0 Å². The Morgan fingerprint density at radius 3 is 2.79 bits per heavy atom. The van der Waals surface area contributed by atoms with Crippen molar-refractivity contribution in [3.05, 3.63) is 0 Å². The van der Waals surface area contributed by atoms with Crippen LogP contribution in [0.15, 0.2) is 0 Å². The van der Waals surface area contributed by atoms with E-state index < -0.39 is 0 Å². The Bertz CT molecular complexity index is 165. The Hall–Kier alpha value is -0.180. The highest BCUT2D eigenvalue weighted by Crippen LogP contribution is 2.27. The molecule has 1 aliphatic rings. The minimum Gasteiger partial charge on any atom is -0.466 e. The van der Waals surface area contributed by atoms with Gasteiger partial charge in [0, 0.05) is 5.75 Å². The lowest BCUT2D eigenvalue weighted by atomic mass is 10.1. The van der Waals surface area contributed by atoms with Crippen molar-refractivity contribution >= 4 is 17.7 Å². The molecule has 0 aliphatic heterocycles. The Kier molecular flexibility index (Phi) is 6.08. The van der Waals surface area contributed by atoms with E-state index in [0.717, 1.165) is 11.7 Å². The maximum absolute atomic E-state index is 11.0. The molecule has 1 fully saturated rings. The summed E-state index contributed by atoms with van der Waals surface area (Å²) < 4.78 is 4.86. The summed E-state index contributed by atoms with van der Waals surface area (Å²) in [5.41, 5.74) is 0. The number of hydrogen-bond donors (Lipinski definition) is 0. The fraction of sp³-hybridized carbons (Fsp3) is 0.909. The molecule has 0 aromatic rings. The Morgan fingerprint density at radius 1 is 1.43 bits per heavy atom. The van der Waals surface area contributed by atoms with Crippen LogP contribution in [0.2, 0.25) is 0 Å². The second-order valence-electron chi connectivity index (χ2n) is 3.78. The third-order valence-corrected chi connectivity index (χ3v) is 3.78. The third kappa shape index (κ3) is 4.89. The molecule has 0 aromatic heterocycles. The van der Waals surface area contributed by atoms with Crippen molar-refractivity contribution in [2.75, 3.05) is 18.1 Å². The Balaban J connectivity index is 1.90. The van der Waals surface area contributed by atoms with Crippen LogP contribution >= 0.6 is 11.8 Å². The highest BCUT2D eigenvalue weighted by Gasteiger charge is 2.14. The summed E-state index contributed by atoms with van der Waals surface area (Å²) >= 11 is 1.90. The van der Waals surface area contributed by atoms with Crippen molar-refractivity contribution in [3.63, 3.8) is 0 Å². The second kappa shape index (κ2) is 7.16. The molecule has 1 aliphatic carbocycles. The molecule has 0 amide bonds. The molecule has 14 heavy (non-hydrogen) atoms. The molecule has 0 bridgehead atoms. The van der Waals surface area contributed by atoms with E-state index in [1.807, 2.05) is 18.7 Å². The quantitative estimate of drug-likeness (QED) is 0.504. The smallest absolute Gasteiger partial charge is 0.306 e. The number of thioether (sulfide) groups is 1. The minimum absolute atomic E-state index is 0.0496. The van der Waals surface area contributed by atoms with E-state index in [0.29, 0.717) is 13.0 Å². The average molecular weight is 216 g/mol. The maximum Gasteiger partial charge on any atom is 0.306 e. The van der Waals surface area contributed by atoms with Gasteiger partial charge in [0.2, 0.25) is 0 Å². The van der Waals surface area contributed by atoms with Gasteiger partial charge in [0.1, 0.15) is 0 Å². The van der Waals surface area contributed by atoms with Crippen molar-refractivity contribution in [1.82, 2.24) is 0 Å². The number of carbonyl (C=O) groups is 1. The van der Waals surface area contributed by atoms with Crippen LogP contribution in [-0.2, 0) is 9.53 Å². The summed E-state index contributed by atoms with van der Waals surface area (Å²) in [5, 5.41) is 0. The van der Waals surface area contributed by atoms with Crippen molar-refractivity contribution in [3.8, 4) is 0 Å². The van der Waals surface area contributed by atoms with E-state index in [-0.39, 0.29) is 5.97 Å². The minimum atomic E-state index is -0.0496. The summed E-state index contributed by atoms with van der Waals surface area (Å²) in [4.78, 5) is 11.0. The second-order valence-corrected chi connectivity index (χ2v) is 4.93. The van der Waals surface area contributed by atoms with Gasteiger partial charge in [-0.05, 0) is 31.4 Å². The lowest BCUT2D eigenvalue weighted by Crippen LogP contribution is -2.06. The molecule has 0 atom stereocenters. The number of carbonyl (C=O) groups excluding carboxylic acids is 1. The van der Waals surface area contributed by atoms with Gasteiger partial charge in [-0.3, -0.25) is 4.79 Å². The molecule has 0 N–H and O–H groups in total. The first-order valence-corrected chi connectivity index (χ1v) is 6.71. The first-order chi connectivity index (χ1) is 6.83. The van der Waals surface area contributed by atoms with Gasteiger partial charge in [-0.25, -0.2) is 0 Å². The fourth-order valence-electron chi connectivity index (χ4n) is 1.82. The average Bonchev–Trinajstić information content (AvgIpc) is 2.65. The molecular formula is C11H20O2S. The summed E-state index contributed by atoms with van der Waals surface area (Å²) in [7, 11) is 0. The van der Waals surface area contributed by atoms with Crippen molar-refractivity contribution in [1.29, 1.82) is 0 Å². The van der Waals surface area contributed by atoms with Crippen LogP contribution in [0.4, 0.5) is 0 Å². The molecule has 0 radical (unpaired) electrons. The van der Waals surface area contributed by atoms with E-state index >= 15 is 0 Å². The molecular weight excluding hydrogens is 196 g/mol. The predicted octanol–water partition coefficient (Wildman–Crippen LogP) is 2.86. The Morgan fingerprint density at radius 2 is 2.14 bits per heavy atom. The zero-order valence-electron chi connectivity index (χ0n) is 8.96. The molecule has 0 aromatic carbocycles. The van der Waals surface area contributed by atoms with Crippen LogP contribution in [-0.4, -0.2) is 24.1 Å². The van der Waals surface area contributed by atoms with Gasteiger partial charge in [0.05, 0.1) is 13.0 Å². The summed E-state index contributed by atoms with van der Waals surface area (Å²) in [6.45, 7) is 2.36. The molecule has 2 nitrogen and oxygen atoms in total. The topological polar surface area (TPSA) is 26.3 Å². The Labute approximate surface area is 90.8 Å². The zero-order chi connectivity index (χ0) is 10.2. The number of esters is 1. The van der Waals surface area contributed by atoms with E-state index in [9.17, 15) is 4.79 Å². The van der Waals surface area contributed by atoms with E-state index in [4.69, 9.17) is 4.74 Å². The van der Waals surface area contributed by atoms with Crippen molar-refractivity contribution in [2.24, 2.45) is 5.92 Å². The fourth-order valence-corrected chi connectivity index (χ4v) is 2.96. The van der Waals surface area contributed by atoms with Gasteiger partial charge in [-0.1, -0.05) is 12.8 Å².